The first-order valence-corrected chi connectivity index (χ1v) is 10.9. The highest BCUT2D eigenvalue weighted by Crippen LogP contribution is 2.25. The summed E-state index contributed by atoms with van der Waals surface area (Å²) < 4.78 is 17.7. The summed E-state index contributed by atoms with van der Waals surface area (Å²) in [6.45, 7) is 12.3. The van der Waals surface area contributed by atoms with E-state index in [0.717, 1.165) is 31.4 Å². The van der Waals surface area contributed by atoms with Gasteiger partial charge in [0.15, 0.2) is 5.96 Å². The van der Waals surface area contributed by atoms with E-state index < -0.39 is 10.8 Å². The minimum absolute atomic E-state index is 0.173. The number of likely N-dealkylation sites (tertiary alicyclic amines) is 1. The van der Waals surface area contributed by atoms with Gasteiger partial charge in [-0.2, -0.15) is 0 Å². The van der Waals surface area contributed by atoms with Gasteiger partial charge in [-0.15, -0.1) is 0 Å². The maximum atomic E-state index is 12.2. The summed E-state index contributed by atoms with van der Waals surface area (Å²) in [4.78, 5) is 7.21. The van der Waals surface area contributed by atoms with Crippen molar-refractivity contribution in [2.24, 2.45) is 4.99 Å². The van der Waals surface area contributed by atoms with Crippen molar-refractivity contribution in [1.29, 1.82) is 0 Å². The van der Waals surface area contributed by atoms with Crippen molar-refractivity contribution in [1.82, 2.24) is 15.5 Å². The van der Waals surface area contributed by atoms with Crippen molar-refractivity contribution in [3.05, 3.63) is 24.2 Å². The van der Waals surface area contributed by atoms with Crippen LogP contribution in [0.15, 0.2) is 27.8 Å². The third kappa shape index (κ3) is 6.43. The van der Waals surface area contributed by atoms with Crippen molar-refractivity contribution < 1.29 is 8.63 Å². The SMILES string of the molecule is CCNC(=NCC(c1ccco1)N1CCCC1)NCCS(=O)C(C)(C)C. The van der Waals surface area contributed by atoms with Crippen LogP contribution in [0.3, 0.4) is 0 Å². The number of hydrogen-bond acceptors (Lipinski definition) is 4. The van der Waals surface area contributed by atoms with Crippen molar-refractivity contribution in [3.8, 4) is 0 Å². The number of guanidine groups is 1. The highest BCUT2D eigenvalue weighted by atomic mass is 32.2. The Balaban J connectivity index is 1.95. The Hall–Kier alpha value is -1.34. The molecule has 26 heavy (non-hydrogen) atoms. The molecule has 0 radical (unpaired) electrons. The van der Waals surface area contributed by atoms with Gasteiger partial charge in [-0.05, 0) is 65.8 Å². The van der Waals surface area contributed by atoms with E-state index in [2.05, 4.69) is 22.5 Å². The van der Waals surface area contributed by atoms with E-state index in [1.807, 2.05) is 32.9 Å². The lowest BCUT2D eigenvalue weighted by Crippen LogP contribution is -2.41. The Morgan fingerprint density at radius 1 is 1.35 bits per heavy atom. The van der Waals surface area contributed by atoms with Gasteiger partial charge >= 0.3 is 0 Å². The molecule has 1 aromatic heterocycles. The number of nitrogens with zero attached hydrogens (tertiary/aromatic N) is 2. The number of furan rings is 1. The first-order valence-electron chi connectivity index (χ1n) is 9.60. The maximum absolute atomic E-state index is 12.2. The number of nitrogens with one attached hydrogen (secondary N) is 2. The molecule has 2 heterocycles. The molecular formula is C19H34N4O2S. The smallest absolute Gasteiger partial charge is 0.191 e. The van der Waals surface area contributed by atoms with Crippen LogP contribution in [0.5, 0.6) is 0 Å². The minimum atomic E-state index is -0.865. The van der Waals surface area contributed by atoms with Crippen LogP contribution >= 0.6 is 0 Å². The first-order chi connectivity index (χ1) is 12.4. The largest absolute Gasteiger partial charge is 0.468 e. The summed E-state index contributed by atoms with van der Waals surface area (Å²) in [5.41, 5.74) is 0. The zero-order chi connectivity index (χ0) is 19.0. The van der Waals surface area contributed by atoms with Crippen LogP contribution in [0.25, 0.3) is 0 Å². The van der Waals surface area contributed by atoms with E-state index >= 15 is 0 Å². The topological polar surface area (TPSA) is 69.9 Å². The van der Waals surface area contributed by atoms with Gasteiger partial charge in [0, 0.05) is 34.4 Å². The van der Waals surface area contributed by atoms with Crippen molar-refractivity contribution in [2.45, 2.75) is 51.3 Å². The Morgan fingerprint density at radius 2 is 2.08 bits per heavy atom. The first kappa shape index (κ1) is 21.0. The standard InChI is InChI=1S/C19H34N4O2S/c1-5-20-18(21-10-14-26(24)19(2,3)4)22-15-16(17-9-8-13-25-17)23-11-6-7-12-23/h8-9,13,16H,5-7,10-12,14-15H2,1-4H3,(H2,20,21,22). The Labute approximate surface area is 160 Å². The molecule has 1 aliphatic rings. The van der Waals surface area contributed by atoms with Crippen LogP contribution in [-0.2, 0) is 10.8 Å². The van der Waals surface area contributed by atoms with Gasteiger partial charge in [0.2, 0.25) is 0 Å². The lowest BCUT2D eigenvalue weighted by atomic mass is 10.2. The average Bonchev–Trinajstić information content (AvgIpc) is 3.28. The van der Waals surface area contributed by atoms with E-state index in [1.165, 1.54) is 12.8 Å². The van der Waals surface area contributed by atoms with E-state index in [-0.39, 0.29) is 10.8 Å². The summed E-state index contributed by atoms with van der Waals surface area (Å²) >= 11 is 0. The second kappa shape index (κ2) is 10.1. The molecule has 1 aliphatic heterocycles. The normalized spacial score (nSPS) is 18.7. The Bertz CT molecular complexity index is 575. The number of hydrogen-bond donors (Lipinski definition) is 2. The van der Waals surface area contributed by atoms with Crippen LogP contribution in [0.4, 0.5) is 0 Å². The van der Waals surface area contributed by atoms with Crippen LogP contribution in [0.2, 0.25) is 0 Å². The van der Waals surface area contributed by atoms with E-state index in [0.29, 0.717) is 18.8 Å². The average molecular weight is 383 g/mol. The highest BCUT2D eigenvalue weighted by molar-refractivity contribution is 7.86. The Kier molecular flexibility index (Phi) is 8.15. The molecule has 0 aromatic carbocycles. The predicted octanol–water partition coefficient (Wildman–Crippen LogP) is 2.52. The van der Waals surface area contributed by atoms with Gasteiger partial charge in [-0.3, -0.25) is 14.1 Å². The molecule has 2 rings (SSSR count). The van der Waals surface area contributed by atoms with Crippen LogP contribution in [0, 0.1) is 0 Å². The van der Waals surface area contributed by atoms with Gasteiger partial charge < -0.3 is 15.1 Å². The molecule has 148 valence electrons. The molecule has 2 atom stereocenters. The summed E-state index contributed by atoms with van der Waals surface area (Å²) in [5.74, 6) is 2.36. The van der Waals surface area contributed by atoms with Gasteiger partial charge in [-0.1, -0.05) is 0 Å². The minimum Gasteiger partial charge on any atom is -0.468 e. The van der Waals surface area contributed by atoms with Crippen molar-refractivity contribution in [2.75, 3.05) is 38.5 Å². The fraction of sp³-hybridized carbons (Fsp3) is 0.737. The maximum Gasteiger partial charge on any atom is 0.191 e. The van der Waals surface area contributed by atoms with E-state index in [1.54, 1.807) is 6.26 Å². The summed E-state index contributed by atoms with van der Waals surface area (Å²) in [6.07, 6.45) is 4.20. The zero-order valence-corrected chi connectivity index (χ0v) is 17.4. The molecule has 0 aliphatic carbocycles. The van der Waals surface area contributed by atoms with Gasteiger partial charge in [-0.25, -0.2) is 0 Å². The molecule has 1 saturated heterocycles. The molecule has 6 nitrogen and oxygen atoms in total. The van der Waals surface area contributed by atoms with E-state index in [4.69, 9.17) is 9.41 Å². The fourth-order valence-electron chi connectivity index (χ4n) is 3.01. The molecule has 1 fully saturated rings. The van der Waals surface area contributed by atoms with Gasteiger partial charge in [0.1, 0.15) is 5.76 Å². The van der Waals surface area contributed by atoms with Crippen LogP contribution < -0.4 is 10.6 Å². The molecule has 2 unspecified atom stereocenters. The van der Waals surface area contributed by atoms with Gasteiger partial charge in [0.25, 0.3) is 0 Å². The summed E-state index contributed by atoms with van der Waals surface area (Å²) in [6, 6.07) is 4.14. The number of aliphatic imine (C=N–C) groups is 1. The molecule has 2 N–H and O–H groups in total. The molecule has 1 aromatic rings. The second-order valence-corrected chi connectivity index (χ2v) is 9.91. The third-order valence-electron chi connectivity index (χ3n) is 4.48. The van der Waals surface area contributed by atoms with Crippen LogP contribution in [0.1, 0.15) is 52.3 Å². The van der Waals surface area contributed by atoms with E-state index in [9.17, 15) is 4.21 Å². The van der Waals surface area contributed by atoms with Crippen molar-refractivity contribution in [3.63, 3.8) is 0 Å². The highest BCUT2D eigenvalue weighted by Gasteiger charge is 2.25. The number of rotatable bonds is 8. The third-order valence-corrected chi connectivity index (χ3v) is 6.42. The lowest BCUT2D eigenvalue weighted by molar-refractivity contribution is 0.221. The predicted molar refractivity (Wildman–Crippen MR) is 109 cm³/mol. The Morgan fingerprint density at radius 3 is 2.65 bits per heavy atom. The molecule has 7 heteroatoms. The zero-order valence-electron chi connectivity index (χ0n) is 16.6. The molecule has 0 amide bonds. The molecule has 0 bridgehead atoms. The molecule has 0 saturated carbocycles. The van der Waals surface area contributed by atoms with Crippen molar-refractivity contribution >= 4 is 16.8 Å². The van der Waals surface area contributed by atoms with Gasteiger partial charge in [0.05, 0.1) is 18.8 Å². The summed E-state index contributed by atoms with van der Waals surface area (Å²) in [5, 5.41) is 6.59. The lowest BCUT2D eigenvalue weighted by Gasteiger charge is -2.24. The quantitative estimate of drug-likeness (QED) is 0.534. The second-order valence-electron chi connectivity index (χ2n) is 7.58. The molecular weight excluding hydrogens is 348 g/mol. The summed E-state index contributed by atoms with van der Waals surface area (Å²) in [7, 11) is -0.865. The van der Waals surface area contributed by atoms with Crippen LogP contribution in [-0.4, -0.2) is 58.3 Å². The monoisotopic (exact) mass is 382 g/mol. The molecule has 0 spiro atoms. The fourth-order valence-corrected chi connectivity index (χ4v) is 3.91.